The third kappa shape index (κ3) is 3.48. The fraction of sp³-hybridized carbons (Fsp3) is 0.462. The van der Waals surface area contributed by atoms with Gasteiger partial charge in [-0.25, -0.2) is 0 Å². The maximum atomic E-state index is 6.11. The van der Waals surface area contributed by atoms with Crippen LogP contribution in [0.4, 0.5) is 0 Å². The number of nitrogens with two attached hydrogens (primary N) is 1. The molecule has 0 amide bonds. The highest BCUT2D eigenvalue weighted by atomic mass is 14.7. The molecule has 1 aromatic rings. The Bertz CT molecular complexity index is 331. The molecule has 1 aromatic heterocycles. The van der Waals surface area contributed by atoms with E-state index in [1.807, 2.05) is 26.0 Å². The van der Waals surface area contributed by atoms with E-state index in [1.54, 1.807) is 0 Å². The van der Waals surface area contributed by atoms with Gasteiger partial charge >= 0.3 is 0 Å². The molecule has 0 bridgehead atoms. The van der Waals surface area contributed by atoms with Gasteiger partial charge in [0.05, 0.1) is 0 Å². The van der Waals surface area contributed by atoms with Crippen LogP contribution in [0.5, 0.6) is 0 Å². The Balaban J connectivity index is 2.64. The van der Waals surface area contributed by atoms with Gasteiger partial charge in [0.2, 0.25) is 0 Å². The highest BCUT2D eigenvalue weighted by Crippen LogP contribution is 2.19. The van der Waals surface area contributed by atoms with Crippen molar-refractivity contribution < 1.29 is 0 Å². The van der Waals surface area contributed by atoms with E-state index in [2.05, 4.69) is 17.6 Å². The molecule has 0 aliphatic carbocycles. The summed E-state index contributed by atoms with van der Waals surface area (Å²) in [5.41, 5.74) is 9.39. The zero-order valence-corrected chi connectivity index (χ0v) is 9.66. The molecule has 0 aliphatic heterocycles. The number of aryl methyl sites for hydroxylation is 2. The van der Waals surface area contributed by atoms with E-state index in [0.717, 1.165) is 30.7 Å². The molecule has 2 nitrogen and oxygen atoms in total. The van der Waals surface area contributed by atoms with Crippen molar-refractivity contribution in [3.8, 4) is 0 Å². The molecule has 1 atom stereocenters. The third-order valence-corrected chi connectivity index (χ3v) is 2.59. The second kappa shape index (κ2) is 5.66. The van der Waals surface area contributed by atoms with E-state index in [1.165, 1.54) is 5.56 Å². The number of nitrogens with zero attached hydrogens (tertiary/aromatic N) is 1. The fourth-order valence-corrected chi connectivity index (χ4v) is 1.73. The van der Waals surface area contributed by atoms with E-state index < -0.39 is 0 Å². The van der Waals surface area contributed by atoms with E-state index in [0.29, 0.717) is 0 Å². The minimum Gasteiger partial charge on any atom is -0.324 e. The van der Waals surface area contributed by atoms with Crippen LogP contribution in [0.1, 0.15) is 42.3 Å². The lowest BCUT2D eigenvalue weighted by atomic mass is 10.0. The van der Waals surface area contributed by atoms with Crippen LogP contribution in [0, 0.1) is 13.8 Å². The zero-order valence-electron chi connectivity index (χ0n) is 9.66. The predicted octanol–water partition coefficient (Wildman–Crippen LogP) is 3.05. The molecule has 1 heterocycles. The number of unbranched alkanes of at least 4 members (excludes halogenated alkanes) is 1. The molecule has 2 N–H and O–H groups in total. The zero-order chi connectivity index (χ0) is 11.3. The first kappa shape index (κ1) is 11.9. The summed E-state index contributed by atoms with van der Waals surface area (Å²) in [5, 5.41) is 0. The first-order chi connectivity index (χ1) is 7.15. The summed E-state index contributed by atoms with van der Waals surface area (Å²) in [6.45, 7) is 7.73. The summed E-state index contributed by atoms with van der Waals surface area (Å²) >= 11 is 0. The normalized spacial score (nSPS) is 12.5. The van der Waals surface area contributed by atoms with Crippen molar-refractivity contribution in [2.75, 3.05) is 0 Å². The van der Waals surface area contributed by atoms with Gasteiger partial charge in [-0.3, -0.25) is 4.98 Å². The first-order valence-corrected chi connectivity index (χ1v) is 5.45. The minimum atomic E-state index is 0.109. The van der Waals surface area contributed by atoms with Gasteiger partial charge in [-0.1, -0.05) is 12.1 Å². The smallest absolute Gasteiger partial charge is 0.0423 e. The molecule has 0 saturated heterocycles. The number of rotatable bonds is 5. The summed E-state index contributed by atoms with van der Waals surface area (Å²) in [6, 6.07) is 4.23. The second-order valence-corrected chi connectivity index (χ2v) is 3.95. The Morgan fingerprint density at radius 3 is 2.80 bits per heavy atom. The predicted molar refractivity (Wildman–Crippen MR) is 64.7 cm³/mol. The highest BCUT2D eigenvalue weighted by molar-refractivity contribution is 5.24. The van der Waals surface area contributed by atoms with Crippen LogP contribution in [0.2, 0.25) is 0 Å². The first-order valence-electron chi connectivity index (χ1n) is 5.45. The Kier molecular flexibility index (Phi) is 4.50. The van der Waals surface area contributed by atoms with Crippen LogP contribution in [0.15, 0.2) is 24.8 Å². The van der Waals surface area contributed by atoms with Crippen LogP contribution in [0.3, 0.4) is 0 Å². The molecule has 0 saturated carbocycles. The van der Waals surface area contributed by atoms with Crippen molar-refractivity contribution in [2.45, 2.75) is 39.2 Å². The van der Waals surface area contributed by atoms with Crippen molar-refractivity contribution >= 4 is 0 Å². The van der Waals surface area contributed by atoms with Gasteiger partial charge in [-0.05, 0) is 44.7 Å². The molecule has 1 rings (SSSR count). The summed E-state index contributed by atoms with van der Waals surface area (Å²) in [6.07, 6.45) is 5.06. The van der Waals surface area contributed by atoms with Gasteiger partial charge in [-0.15, -0.1) is 6.58 Å². The van der Waals surface area contributed by atoms with Crippen molar-refractivity contribution in [2.24, 2.45) is 5.73 Å². The topological polar surface area (TPSA) is 38.9 Å². The maximum absolute atomic E-state index is 6.11. The van der Waals surface area contributed by atoms with E-state index in [9.17, 15) is 0 Å². The SMILES string of the molecule is C=CCCCC(N)c1ccc(C)nc1C. The average molecular weight is 204 g/mol. The second-order valence-electron chi connectivity index (χ2n) is 3.95. The van der Waals surface area contributed by atoms with E-state index in [4.69, 9.17) is 5.73 Å². The van der Waals surface area contributed by atoms with Gasteiger partial charge in [0.25, 0.3) is 0 Å². The molecule has 0 radical (unpaired) electrons. The van der Waals surface area contributed by atoms with Crippen LogP contribution in [-0.2, 0) is 0 Å². The Morgan fingerprint density at radius 2 is 2.20 bits per heavy atom. The van der Waals surface area contributed by atoms with E-state index in [-0.39, 0.29) is 6.04 Å². The Morgan fingerprint density at radius 1 is 1.47 bits per heavy atom. The maximum Gasteiger partial charge on any atom is 0.0423 e. The lowest BCUT2D eigenvalue weighted by molar-refractivity contribution is 0.611. The lowest BCUT2D eigenvalue weighted by Gasteiger charge is -2.13. The minimum absolute atomic E-state index is 0.109. The molecule has 0 spiro atoms. The van der Waals surface area contributed by atoms with Crippen molar-refractivity contribution in [1.82, 2.24) is 4.98 Å². The lowest BCUT2D eigenvalue weighted by Crippen LogP contribution is -2.12. The molecular weight excluding hydrogens is 184 g/mol. The molecule has 1 unspecified atom stereocenters. The average Bonchev–Trinajstić information content (AvgIpc) is 2.17. The van der Waals surface area contributed by atoms with Gasteiger partial charge < -0.3 is 5.73 Å². The molecular formula is C13H20N2. The molecule has 82 valence electrons. The third-order valence-electron chi connectivity index (χ3n) is 2.59. The van der Waals surface area contributed by atoms with E-state index >= 15 is 0 Å². The summed E-state index contributed by atoms with van der Waals surface area (Å²) in [4.78, 5) is 4.42. The monoisotopic (exact) mass is 204 g/mol. The fourth-order valence-electron chi connectivity index (χ4n) is 1.73. The largest absolute Gasteiger partial charge is 0.324 e. The number of pyridine rings is 1. The van der Waals surface area contributed by atoms with Gasteiger partial charge in [0.15, 0.2) is 0 Å². The number of allylic oxidation sites excluding steroid dienone is 1. The molecule has 0 aliphatic rings. The van der Waals surface area contributed by atoms with Crippen molar-refractivity contribution in [3.05, 3.63) is 41.7 Å². The molecule has 2 heteroatoms. The van der Waals surface area contributed by atoms with Crippen LogP contribution in [-0.4, -0.2) is 4.98 Å². The summed E-state index contributed by atoms with van der Waals surface area (Å²) in [7, 11) is 0. The Hall–Kier alpha value is -1.15. The summed E-state index contributed by atoms with van der Waals surface area (Å²) < 4.78 is 0. The highest BCUT2D eigenvalue weighted by Gasteiger charge is 2.08. The van der Waals surface area contributed by atoms with Gasteiger partial charge in [0.1, 0.15) is 0 Å². The number of aromatic nitrogens is 1. The van der Waals surface area contributed by atoms with Crippen LogP contribution < -0.4 is 5.73 Å². The van der Waals surface area contributed by atoms with Crippen molar-refractivity contribution in [3.63, 3.8) is 0 Å². The molecule has 0 fully saturated rings. The van der Waals surface area contributed by atoms with Gasteiger partial charge in [-0.2, -0.15) is 0 Å². The molecule has 0 aromatic carbocycles. The van der Waals surface area contributed by atoms with Gasteiger partial charge in [0, 0.05) is 17.4 Å². The van der Waals surface area contributed by atoms with Crippen LogP contribution in [0.25, 0.3) is 0 Å². The summed E-state index contributed by atoms with van der Waals surface area (Å²) in [5.74, 6) is 0. The number of hydrogen-bond acceptors (Lipinski definition) is 2. The van der Waals surface area contributed by atoms with Crippen molar-refractivity contribution in [1.29, 1.82) is 0 Å². The standard InChI is InChI=1S/C13H20N2/c1-4-5-6-7-13(14)12-9-8-10(2)15-11(12)3/h4,8-9,13H,1,5-7,14H2,2-3H3. The molecule has 15 heavy (non-hydrogen) atoms. The van der Waals surface area contributed by atoms with Crippen LogP contribution >= 0.6 is 0 Å². The Labute approximate surface area is 92.2 Å². The number of hydrogen-bond donors (Lipinski definition) is 1. The quantitative estimate of drug-likeness (QED) is 0.591.